The van der Waals surface area contributed by atoms with Crippen molar-refractivity contribution in [2.45, 2.75) is 43.6 Å². The quantitative estimate of drug-likeness (QED) is 0.461. The summed E-state index contributed by atoms with van der Waals surface area (Å²) in [6.45, 7) is 3.14. The number of carbonyl (C=O) groups excluding carboxylic acids is 1. The molecule has 2 aromatic carbocycles. The van der Waals surface area contributed by atoms with Gasteiger partial charge in [0.25, 0.3) is 0 Å². The van der Waals surface area contributed by atoms with E-state index in [1.165, 1.54) is 48.5 Å². The van der Waals surface area contributed by atoms with Crippen molar-refractivity contribution in [2.24, 2.45) is 0 Å². The molecule has 158 valence electrons. The summed E-state index contributed by atoms with van der Waals surface area (Å²) in [7, 11) is 2.21. The van der Waals surface area contributed by atoms with Crippen molar-refractivity contribution < 1.29 is 27.9 Å². The van der Waals surface area contributed by atoms with E-state index in [4.69, 9.17) is 4.74 Å². The number of quaternary nitrogens is 1. The third kappa shape index (κ3) is 3.34. The van der Waals surface area contributed by atoms with Crippen LogP contribution in [-0.4, -0.2) is 47.3 Å². The molecule has 2 aliphatic heterocycles. The van der Waals surface area contributed by atoms with Gasteiger partial charge in [0.15, 0.2) is 0 Å². The van der Waals surface area contributed by atoms with Crippen molar-refractivity contribution in [2.75, 3.05) is 13.6 Å². The van der Waals surface area contributed by atoms with Crippen LogP contribution in [-0.2, 0) is 15.1 Å². The molecule has 0 aliphatic carbocycles. The number of esters is 1. The molecule has 4 nitrogen and oxygen atoms in total. The number of halogens is 2. The molecule has 1 fully saturated rings. The second kappa shape index (κ2) is 7.60. The lowest BCUT2D eigenvalue weighted by atomic mass is 9.86. The van der Waals surface area contributed by atoms with Crippen LogP contribution in [0, 0.1) is 11.6 Å². The van der Waals surface area contributed by atoms with Gasteiger partial charge in [-0.1, -0.05) is 24.3 Å². The van der Waals surface area contributed by atoms with Crippen LogP contribution in [0.2, 0.25) is 0 Å². The maximum Gasteiger partial charge on any atom is 0.347 e. The summed E-state index contributed by atoms with van der Waals surface area (Å²) >= 11 is 0. The zero-order valence-electron chi connectivity index (χ0n) is 17.1. The zero-order valence-corrected chi connectivity index (χ0v) is 17.1. The molecule has 3 unspecified atom stereocenters. The van der Waals surface area contributed by atoms with E-state index < -0.39 is 23.2 Å². The second-order valence-electron chi connectivity index (χ2n) is 8.41. The highest BCUT2D eigenvalue weighted by molar-refractivity contribution is 5.85. The highest BCUT2D eigenvalue weighted by Gasteiger charge is 2.50. The first-order chi connectivity index (χ1) is 14.3. The molecule has 2 heterocycles. The molecule has 1 N–H and O–H groups in total. The Labute approximate surface area is 175 Å². The number of carbonyl (C=O) groups is 1. The van der Waals surface area contributed by atoms with E-state index in [1.54, 1.807) is 0 Å². The molecule has 0 aromatic heterocycles. The van der Waals surface area contributed by atoms with Crippen molar-refractivity contribution in [1.82, 2.24) is 0 Å². The molecular weight excluding hydrogens is 388 g/mol. The topological polar surface area (TPSA) is 46.5 Å². The van der Waals surface area contributed by atoms with Crippen molar-refractivity contribution >= 4 is 5.97 Å². The molecule has 0 amide bonds. The Morgan fingerprint density at radius 3 is 1.83 bits per heavy atom. The summed E-state index contributed by atoms with van der Waals surface area (Å²) in [6.07, 6.45) is 5.38. The summed E-state index contributed by atoms with van der Waals surface area (Å²) < 4.78 is 33.6. The van der Waals surface area contributed by atoms with Crippen LogP contribution in [0.3, 0.4) is 0 Å². The Hall–Kier alpha value is -2.57. The van der Waals surface area contributed by atoms with E-state index in [0.717, 1.165) is 11.0 Å². The van der Waals surface area contributed by atoms with Crippen molar-refractivity contribution in [3.63, 3.8) is 0 Å². The lowest BCUT2D eigenvalue weighted by Crippen LogP contribution is -2.59. The van der Waals surface area contributed by atoms with Gasteiger partial charge >= 0.3 is 5.97 Å². The molecule has 1 saturated heterocycles. The monoisotopic (exact) mass is 414 g/mol. The summed E-state index contributed by atoms with van der Waals surface area (Å²) in [5, 5.41) is 11.5. The van der Waals surface area contributed by atoms with Crippen LogP contribution in [0.5, 0.6) is 0 Å². The van der Waals surface area contributed by atoms with Gasteiger partial charge in [-0.3, -0.25) is 0 Å². The van der Waals surface area contributed by atoms with Crippen LogP contribution in [0.25, 0.3) is 0 Å². The minimum absolute atomic E-state index is 0.173. The second-order valence-corrected chi connectivity index (χ2v) is 8.41. The molecule has 0 radical (unpaired) electrons. The number of likely N-dealkylation sites (N-methyl/N-ethyl adjacent to an activating group) is 1. The van der Waals surface area contributed by atoms with Gasteiger partial charge in [-0.2, -0.15) is 0 Å². The normalized spacial score (nSPS) is 27.8. The zero-order chi connectivity index (χ0) is 21.5. The molecule has 6 heteroatoms. The molecule has 0 spiro atoms. The molecule has 4 atom stereocenters. The summed E-state index contributed by atoms with van der Waals surface area (Å²) in [5.41, 5.74) is -1.81. The van der Waals surface area contributed by atoms with Crippen LogP contribution in [0.4, 0.5) is 8.78 Å². The first-order valence-electron chi connectivity index (χ1n) is 10.3. The number of ether oxygens (including phenoxy) is 1. The Bertz CT molecular complexity index is 894. The smallest absolute Gasteiger partial charge is 0.347 e. The summed E-state index contributed by atoms with van der Waals surface area (Å²) in [6, 6.07) is 10.6. The van der Waals surface area contributed by atoms with Gasteiger partial charge in [0, 0.05) is 12.8 Å². The fourth-order valence-electron chi connectivity index (χ4n) is 4.76. The third-order valence-electron chi connectivity index (χ3n) is 6.85. The fourth-order valence-corrected chi connectivity index (χ4v) is 4.76. The Kier molecular flexibility index (Phi) is 5.24. The lowest BCUT2D eigenvalue weighted by Gasteiger charge is -2.46. The Balaban J connectivity index is 1.62. The number of rotatable bonds is 5. The lowest BCUT2D eigenvalue weighted by molar-refractivity contribution is -0.943. The molecule has 4 rings (SSSR count). The average Bonchev–Trinajstić information content (AvgIpc) is 2.90. The van der Waals surface area contributed by atoms with Crippen LogP contribution in [0.1, 0.15) is 30.9 Å². The standard InChI is InChI=1S/C24H26F2NO3/c1-3-27(2)20-12-13-21(27)15-22(14-20)30-23(28)24(29,16-4-8-18(25)9-5-16)17-6-10-19(26)11-7-17/h4-13,20-22,29H,3,14-15H2,1-2H3/q+1/t20-,21?,22?,27?/m1/s1. The Morgan fingerprint density at radius 1 is 1.00 bits per heavy atom. The number of benzene rings is 2. The predicted molar refractivity (Wildman–Crippen MR) is 108 cm³/mol. The first-order valence-corrected chi connectivity index (χ1v) is 10.3. The van der Waals surface area contributed by atoms with Gasteiger partial charge in [0.05, 0.1) is 13.6 Å². The van der Waals surface area contributed by atoms with Gasteiger partial charge in [-0.05, 0) is 54.5 Å². The third-order valence-corrected chi connectivity index (χ3v) is 6.85. The number of nitrogens with zero attached hydrogens (tertiary/aromatic N) is 1. The van der Waals surface area contributed by atoms with E-state index in [0.29, 0.717) is 12.8 Å². The fraction of sp³-hybridized carbons (Fsp3) is 0.375. The van der Waals surface area contributed by atoms with Crippen molar-refractivity contribution in [3.8, 4) is 0 Å². The summed E-state index contributed by atoms with van der Waals surface area (Å²) in [5.74, 6) is -1.81. The van der Waals surface area contributed by atoms with E-state index in [9.17, 15) is 18.7 Å². The van der Waals surface area contributed by atoms with Crippen molar-refractivity contribution in [3.05, 3.63) is 83.4 Å². The van der Waals surface area contributed by atoms with Gasteiger partial charge in [-0.25, -0.2) is 13.6 Å². The molecular formula is C24H26F2NO3+. The molecule has 2 aliphatic rings. The average molecular weight is 414 g/mol. The minimum atomic E-state index is -2.16. The van der Waals surface area contributed by atoms with E-state index in [2.05, 4.69) is 26.1 Å². The van der Waals surface area contributed by atoms with Crippen molar-refractivity contribution in [1.29, 1.82) is 0 Å². The number of aliphatic hydroxyl groups is 1. The highest BCUT2D eigenvalue weighted by Crippen LogP contribution is 2.39. The van der Waals surface area contributed by atoms with Gasteiger partial charge in [0.1, 0.15) is 29.8 Å². The van der Waals surface area contributed by atoms with E-state index >= 15 is 0 Å². The first kappa shape index (κ1) is 20.7. The maximum atomic E-state index is 13.4. The molecule has 2 aromatic rings. The SMILES string of the molecule is CC[N+]1(C)C2C=C[C@@H]1CC(OC(=O)C(O)(c1ccc(F)cc1)c1ccc(F)cc1)C2. The molecule has 30 heavy (non-hydrogen) atoms. The Morgan fingerprint density at radius 2 is 1.43 bits per heavy atom. The number of hydrogen-bond acceptors (Lipinski definition) is 3. The van der Waals surface area contributed by atoms with E-state index in [-0.39, 0.29) is 29.3 Å². The highest BCUT2D eigenvalue weighted by atomic mass is 19.1. The largest absolute Gasteiger partial charge is 0.459 e. The maximum absolute atomic E-state index is 13.4. The summed E-state index contributed by atoms with van der Waals surface area (Å²) in [4.78, 5) is 13.3. The van der Waals surface area contributed by atoms with E-state index in [1.807, 2.05) is 0 Å². The molecule has 0 saturated carbocycles. The minimum Gasteiger partial charge on any atom is -0.459 e. The number of fused-ring (bicyclic) bond motifs is 2. The van der Waals surface area contributed by atoms with Crippen LogP contribution >= 0.6 is 0 Å². The number of piperidine rings is 1. The van der Waals surface area contributed by atoms with Gasteiger partial charge in [-0.15, -0.1) is 0 Å². The van der Waals surface area contributed by atoms with Crippen LogP contribution < -0.4 is 0 Å². The van der Waals surface area contributed by atoms with Gasteiger partial charge in [0.2, 0.25) is 5.60 Å². The van der Waals surface area contributed by atoms with Gasteiger partial charge < -0.3 is 14.3 Å². The predicted octanol–water partition coefficient (Wildman–Crippen LogP) is 3.68. The molecule has 2 bridgehead atoms. The van der Waals surface area contributed by atoms with Crippen LogP contribution in [0.15, 0.2) is 60.7 Å². The number of hydrogen-bond donors (Lipinski definition) is 1.